The van der Waals surface area contributed by atoms with Crippen LogP contribution in [0.5, 0.6) is 0 Å². The molecule has 1 aromatic heterocycles. The van der Waals surface area contributed by atoms with Crippen molar-refractivity contribution in [2.45, 2.75) is 31.4 Å². The molecule has 0 amide bonds. The van der Waals surface area contributed by atoms with E-state index in [9.17, 15) is 5.11 Å². The second-order valence-corrected chi connectivity index (χ2v) is 5.42. The maximum absolute atomic E-state index is 9.78. The summed E-state index contributed by atoms with van der Waals surface area (Å²) in [5.74, 6) is 0. The number of nitrogens with one attached hydrogen (secondary N) is 1. The van der Waals surface area contributed by atoms with E-state index in [1.165, 1.54) is 24.2 Å². The Kier molecular flexibility index (Phi) is 3.44. The predicted octanol–water partition coefficient (Wildman–Crippen LogP) is 2.58. The molecule has 1 aliphatic rings. The fourth-order valence-corrected chi connectivity index (χ4v) is 2.44. The first-order chi connectivity index (χ1) is 6.75. The van der Waals surface area contributed by atoms with E-state index >= 15 is 0 Å². The molecule has 1 aromatic rings. The summed E-state index contributed by atoms with van der Waals surface area (Å²) in [5, 5.41) is 13.2. The molecule has 2 N–H and O–H groups in total. The van der Waals surface area contributed by atoms with Crippen LogP contribution in [-0.4, -0.2) is 17.7 Å². The van der Waals surface area contributed by atoms with Gasteiger partial charge in [-0.1, -0.05) is 11.6 Å². The Balaban J connectivity index is 1.73. The molecule has 1 heterocycles. The van der Waals surface area contributed by atoms with Crippen LogP contribution in [0.25, 0.3) is 0 Å². The van der Waals surface area contributed by atoms with Gasteiger partial charge in [0.05, 0.1) is 10.4 Å². The molecule has 0 saturated heterocycles. The maximum Gasteiger partial charge on any atom is 0.0932 e. The van der Waals surface area contributed by atoms with Crippen molar-refractivity contribution in [3.8, 4) is 0 Å². The van der Waals surface area contributed by atoms with Crippen LogP contribution in [0.1, 0.15) is 30.2 Å². The zero-order chi connectivity index (χ0) is 9.97. The third-order valence-electron chi connectivity index (χ3n) is 2.35. The van der Waals surface area contributed by atoms with Gasteiger partial charge in [0.1, 0.15) is 0 Å². The second-order valence-electron chi connectivity index (χ2n) is 3.67. The Morgan fingerprint density at radius 2 is 2.36 bits per heavy atom. The van der Waals surface area contributed by atoms with Gasteiger partial charge < -0.3 is 10.4 Å². The van der Waals surface area contributed by atoms with Gasteiger partial charge in [0.25, 0.3) is 0 Å². The van der Waals surface area contributed by atoms with Gasteiger partial charge in [-0.25, -0.2) is 0 Å². The maximum atomic E-state index is 9.78. The first-order valence-corrected chi connectivity index (χ1v) is 6.12. The first kappa shape index (κ1) is 10.4. The Bertz CT molecular complexity index is 298. The van der Waals surface area contributed by atoms with Gasteiger partial charge in [-0.3, -0.25) is 0 Å². The van der Waals surface area contributed by atoms with E-state index in [0.717, 1.165) is 22.2 Å². The summed E-state index contributed by atoms with van der Waals surface area (Å²) in [6, 6.07) is 4.45. The third kappa shape index (κ3) is 2.95. The minimum atomic E-state index is -0.362. The summed E-state index contributed by atoms with van der Waals surface area (Å²) in [5.41, 5.74) is 0. The summed E-state index contributed by atoms with van der Waals surface area (Å²) in [6.07, 6.45) is 2.99. The largest absolute Gasteiger partial charge is 0.388 e. The molecule has 1 saturated carbocycles. The van der Waals surface area contributed by atoms with Crippen molar-refractivity contribution in [2.75, 3.05) is 6.54 Å². The van der Waals surface area contributed by atoms with Crippen LogP contribution in [0, 0.1) is 0 Å². The van der Waals surface area contributed by atoms with Crippen molar-refractivity contribution >= 4 is 22.9 Å². The Hall–Kier alpha value is -0.0900. The molecule has 0 aromatic carbocycles. The van der Waals surface area contributed by atoms with Crippen molar-refractivity contribution in [2.24, 2.45) is 0 Å². The number of rotatable bonds is 5. The van der Waals surface area contributed by atoms with E-state index in [-0.39, 0.29) is 6.10 Å². The van der Waals surface area contributed by atoms with Gasteiger partial charge >= 0.3 is 0 Å². The predicted molar refractivity (Wildman–Crippen MR) is 59.9 cm³/mol. The number of thiophene rings is 1. The molecule has 0 bridgehead atoms. The molecule has 1 unspecified atom stereocenters. The molecule has 78 valence electrons. The molecule has 0 radical (unpaired) electrons. The van der Waals surface area contributed by atoms with Gasteiger partial charge in [0.15, 0.2) is 0 Å². The smallest absolute Gasteiger partial charge is 0.0932 e. The number of hydrogen-bond acceptors (Lipinski definition) is 3. The van der Waals surface area contributed by atoms with Gasteiger partial charge in [0.2, 0.25) is 0 Å². The topological polar surface area (TPSA) is 32.3 Å². The second kappa shape index (κ2) is 4.62. The minimum absolute atomic E-state index is 0.362. The fourth-order valence-electron chi connectivity index (χ4n) is 1.36. The van der Waals surface area contributed by atoms with Gasteiger partial charge in [-0.05, 0) is 37.9 Å². The van der Waals surface area contributed by atoms with Crippen LogP contribution in [0.4, 0.5) is 0 Å². The van der Waals surface area contributed by atoms with E-state index in [2.05, 4.69) is 5.32 Å². The lowest BCUT2D eigenvalue weighted by molar-refractivity contribution is 0.170. The molecule has 1 atom stereocenters. The van der Waals surface area contributed by atoms with Gasteiger partial charge in [-0.15, -0.1) is 11.3 Å². The van der Waals surface area contributed by atoms with Crippen LogP contribution < -0.4 is 5.32 Å². The van der Waals surface area contributed by atoms with Crippen molar-refractivity contribution in [3.05, 3.63) is 21.3 Å². The molecular formula is C10H14ClNOS. The van der Waals surface area contributed by atoms with E-state index < -0.39 is 0 Å². The van der Waals surface area contributed by atoms with E-state index in [4.69, 9.17) is 11.6 Å². The SMILES string of the molecule is OC(CCNC1CC1)c1ccc(Cl)s1. The molecule has 1 fully saturated rings. The number of halogens is 1. The molecule has 4 heteroatoms. The first-order valence-electron chi connectivity index (χ1n) is 4.92. The molecule has 0 aliphatic heterocycles. The average molecular weight is 232 g/mol. The highest BCUT2D eigenvalue weighted by molar-refractivity contribution is 7.16. The van der Waals surface area contributed by atoms with Crippen LogP contribution in [0.2, 0.25) is 4.34 Å². The zero-order valence-corrected chi connectivity index (χ0v) is 9.44. The summed E-state index contributed by atoms with van der Waals surface area (Å²) in [4.78, 5) is 0.965. The van der Waals surface area contributed by atoms with E-state index in [1.807, 2.05) is 12.1 Å². The Morgan fingerprint density at radius 3 is 2.93 bits per heavy atom. The summed E-state index contributed by atoms with van der Waals surface area (Å²) < 4.78 is 0.745. The summed E-state index contributed by atoms with van der Waals surface area (Å²) in [6.45, 7) is 0.890. The van der Waals surface area contributed by atoms with Gasteiger partial charge in [-0.2, -0.15) is 0 Å². The fraction of sp³-hybridized carbons (Fsp3) is 0.600. The normalized spacial score (nSPS) is 18.4. The van der Waals surface area contributed by atoms with Crippen LogP contribution in [0.3, 0.4) is 0 Å². The lowest BCUT2D eigenvalue weighted by Crippen LogP contribution is -2.19. The summed E-state index contributed by atoms with van der Waals surface area (Å²) >= 11 is 7.25. The lowest BCUT2D eigenvalue weighted by atomic mass is 10.2. The number of aliphatic hydroxyl groups excluding tert-OH is 1. The van der Waals surface area contributed by atoms with Gasteiger partial charge in [0, 0.05) is 10.9 Å². The highest BCUT2D eigenvalue weighted by Gasteiger charge is 2.20. The monoisotopic (exact) mass is 231 g/mol. The molecular weight excluding hydrogens is 218 g/mol. The molecule has 2 rings (SSSR count). The van der Waals surface area contributed by atoms with Crippen molar-refractivity contribution in [1.29, 1.82) is 0 Å². The Morgan fingerprint density at radius 1 is 1.57 bits per heavy atom. The van der Waals surface area contributed by atoms with Crippen LogP contribution in [-0.2, 0) is 0 Å². The van der Waals surface area contributed by atoms with E-state index in [1.54, 1.807) is 0 Å². The Labute approximate surface area is 92.9 Å². The average Bonchev–Trinajstić information content (AvgIpc) is 2.87. The van der Waals surface area contributed by atoms with Crippen LogP contribution >= 0.6 is 22.9 Å². The zero-order valence-electron chi connectivity index (χ0n) is 7.87. The quantitative estimate of drug-likeness (QED) is 0.817. The van der Waals surface area contributed by atoms with Crippen molar-refractivity contribution in [3.63, 3.8) is 0 Å². The number of aliphatic hydroxyl groups is 1. The van der Waals surface area contributed by atoms with Crippen molar-refractivity contribution < 1.29 is 5.11 Å². The highest BCUT2D eigenvalue weighted by atomic mass is 35.5. The standard InChI is InChI=1S/C10H14ClNOS/c11-10-4-3-9(14-10)8(13)5-6-12-7-1-2-7/h3-4,7-8,12-13H,1-2,5-6H2. The third-order valence-corrected chi connectivity index (χ3v) is 3.68. The minimum Gasteiger partial charge on any atom is -0.388 e. The highest BCUT2D eigenvalue weighted by Crippen LogP contribution is 2.28. The van der Waals surface area contributed by atoms with E-state index in [0.29, 0.717) is 6.04 Å². The molecule has 2 nitrogen and oxygen atoms in total. The lowest BCUT2D eigenvalue weighted by Gasteiger charge is -2.08. The summed E-state index contributed by atoms with van der Waals surface area (Å²) in [7, 11) is 0. The van der Waals surface area contributed by atoms with Crippen LogP contribution in [0.15, 0.2) is 12.1 Å². The van der Waals surface area contributed by atoms with Crippen molar-refractivity contribution in [1.82, 2.24) is 5.32 Å². The number of hydrogen-bond donors (Lipinski definition) is 2. The molecule has 14 heavy (non-hydrogen) atoms. The molecule has 0 spiro atoms. The molecule has 1 aliphatic carbocycles.